The van der Waals surface area contributed by atoms with E-state index in [0.29, 0.717) is 0 Å². The van der Waals surface area contributed by atoms with E-state index in [1.54, 1.807) is 14.2 Å². The first kappa shape index (κ1) is 61.0. The van der Waals surface area contributed by atoms with E-state index in [9.17, 15) is 0 Å². The summed E-state index contributed by atoms with van der Waals surface area (Å²) in [5, 5.41) is 4.70. The van der Waals surface area contributed by atoms with E-state index in [1.165, 1.54) is 90.0 Å². The lowest BCUT2D eigenvalue weighted by molar-refractivity contribution is 0.00578. The van der Waals surface area contributed by atoms with Crippen LogP contribution in [-0.2, 0) is 40.9 Å². The molecule has 3 saturated heterocycles. The van der Waals surface area contributed by atoms with Crippen molar-refractivity contribution >= 4 is 79.4 Å². The maximum absolute atomic E-state index is 6.48. The van der Waals surface area contributed by atoms with E-state index in [0.717, 1.165) is 75.0 Å². The van der Waals surface area contributed by atoms with Crippen LogP contribution in [0.25, 0.3) is 55.0 Å². The molecule has 0 spiro atoms. The van der Waals surface area contributed by atoms with Crippen LogP contribution in [0.5, 0.6) is 11.5 Å². The Hall–Kier alpha value is -5.11. The number of ether oxygens (including phenoxy) is 3. The molecule has 0 amide bonds. The standard InChI is InChI=1S/C30H36BNO3.C24H24BrNO.C9H19BO3.C4H8O/c1-7-8-9-11-21-14-16-22(17-15-21)32-26-19-18-23(33-6)20-24(26)28-25(12-10-13-27(28)32)31-34-29(2,3)30(4,5)35-31;1-3-4-5-7-17-10-12-18(13-11-17)26-22-15-14-19(27-2)16-20(22)24-21(25)8-6-9-23(24)26;1-7(2)11-10-12-8(3,4)9(5,6)13-10;1-2-4-5-3-1/h10,12-20H,7-9,11H2,1-6H3;6,8-16H,3-5,7H2,1-2H3;7H,1-6H3;1-4H2. The first-order chi connectivity index (χ1) is 38.2. The molecule has 0 atom stereocenters. The third-order valence-electron chi connectivity index (χ3n) is 16.5. The van der Waals surface area contributed by atoms with Crippen LogP contribution < -0.4 is 14.9 Å². The number of hydrogen-bond acceptors (Lipinski definition) is 8. The Morgan fingerprint density at radius 2 is 0.963 bits per heavy atom. The Kier molecular flexibility index (Phi) is 20.1. The SMILES string of the molecule is C1CCOC1.CC(C)OB1OC(C)(C)C(C)(C)O1.CCCCCc1ccc(-n2c3ccc(OC)cc3c3c(B4OC(C)(C)C(C)(C)O4)cccc32)cc1.CCCCCc1ccc(-n2c3ccc(OC)cc3c3c(Br)cccc32)cc1. The Bertz CT molecular complexity index is 3270. The fourth-order valence-corrected chi connectivity index (χ4v) is 11.0. The fourth-order valence-electron chi connectivity index (χ4n) is 10.4. The minimum Gasteiger partial charge on any atom is -0.497 e. The van der Waals surface area contributed by atoms with E-state index in [-0.39, 0.29) is 17.3 Å². The topological polar surface area (TPSA) is 83.7 Å². The number of unbranched alkanes of at least 4 members (excludes halogenated alkanes) is 4. The molecule has 0 bridgehead atoms. The molecule has 0 N–H and O–H groups in total. The molecule has 6 aromatic carbocycles. The maximum Gasteiger partial charge on any atom is 0.640 e. The van der Waals surface area contributed by atoms with Gasteiger partial charge in [0.15, 0.2) is 0 Å². The summed E-state index contributed by atoms with van der Waals surface area (Å²) in [7, 11) is 2.47. The van der Waals surface area contributed by atoms with Crippen LogP contribution in [0.1, 0.15) is 146 Å². The monoisotopic (exact) mass is 1150 g/mol. The number of halogens is 1. The van der Waals surface area contributed by atoms with E-state index in [1.807, 2.05) is 53.7 Å². The number of rotatable bonds is 15. The molecule has 0 radical (unpaired) electrons. The lowest BCUT2D eigenvalue weighted by atomic mass is 9.76. The lowest BCUT2D eigenvalue weighted by Gasteiger charge is -2.32. The number of benzene rings is 6. The molecule has 13 heteroatoms. The van der Waals surface area contributed by atoms with Gasteiger partial charge in [-0.15, -0.1) is 0 Å². The first-order valence-electron chi connectivity index (χ1n) is 29.2. The minimum absolute atomic E-state index is 0.120. The number of methoxy groups -OCH3 is 2. The summed E-state index contributed by atoms with van der Waals surface area (Å²) in [5.74, 6) is 1.72. The minimum atomic E-state index is -0.523. The van der Waals surface area contributed by atoms with Gasteiger partial charge in [0.2, 0.25) is 0 Å². The molecule has 0 unspecified atom stereocenters. The Labute approximate surface area is 486 Å². The van der Waals surface area contributed by atoms with Gasteiger partial charge in [0.25, 0.3) is 0 Å². The summed E-state index contributed by atoms with van der Waals surface area (Å²) in [6.07, 6.45) is 12.5. The summed E-state index contributed by atoms with van der Waals surface area (Å²) in [5.41, 5.74) is 9.47. The number of hydrogen-bond donors (Lipinski definition) is 0. The normalized spacial score (nSPS) is 16.9. The summed E-state index contributed by atoms with van der Waals surface area (Å²) in [6, 6.07) is 43.5. The van der Waals surface area contributed by atoms with Crippen LogP contribution in [-0.4, -0.2) is 79.5 Å². The zero-order chi connectivity index (χ0) is 57.4. The molecule has 426 valence electrons. The van der Waals surface area contributed by atoms with Gasteiger partial charge in [-0.1, -0.05) is 97.9 Å². The molecule has 0 saturated carbocycles. The van der Waals surface area contributed by atoms with Crippen LogP contribution >= 0.6 is 15.9 Å². The first-order valence-corrected chi connectivity index (χ1v) is 30.0. The molecule has 5 heterocycles. The number of nitrogens with zero attached hydrogens (tertiary/aromatic N) is 2. The van der Waals surface area contributed by atoms with Crippen LogP contribution in [0, 0.1) is 0 Å². The second-order valence-corrected chi connectivity index (χ2v) is 24.6. The zero-order valence-corrected chi connectivity index (χ0v) is 51.9. The molecule has 3 fully saturated rings. The van der Waals surface area contributed by atoms with E-state index < -0.39 is 25.6 Å². The van der Waals surface area contributed by atoms with Gasteiger partial charge in [-0.05, 0) is 203 Å². The number of aryl methyl sites for hydroxylation is 2. The van der Waals surface area contributed by atoms with Crippen LogP contribution in [0.3, 0.4) is 0 Å². The van der Waals surface area contributed by atoms with Crippen LogP contribution in [0.15, 0.2) is 126 Å². The second kappa shape index (κ2) is 26.4. The van der Waals surface area contributed by atoms with Crippen molar-refractivity contribution in [3.8, 4) is 22.9 Å². The molecule has 3 aliphatic rings. The lowest BCUT2D eigenvalue weighted by Crippen LogP contribution is -2.41. The van der Waals surface area contributed by atoms with Gasteiger partial charge in [-0.3, -0.25) is 0 Å². The number of fused-ring (bicyclic) bond motifs is 6. The van der Waals surface area contributed by atoms with Crippen molar-refractivity contribution in [2.45, 2.75) is 176 Å². The van der Waals surface area contributed by atoms with Gasteiger partial charge in [-0.2, -0.15) is 0 Å². The quantitative estimate of drug-likeness (QED) is 0.0742. The molecule has 0 aliphatic carbocycles. The van der Waals surface area contributed by atoms with E-state index >= 15 is 0 Å². The second-order valence-electron chi connectivity index (χ2n) is 23.7. The third-order valence-corrected chi connectivity index (χ3v) is 17.1. The molecule has 3 aliphatic heterocycles. The van der Waals surface area contributed by atoms with Gasteiger partial charge in [-0.25, -0.2) is 0 Å². The molecule has 11 rings (SSSR count). The highest BCUT2D eigenvalue weighted by molar-refractivity contribution is 9.10. The van der Waals surface area contributed by atoms with E-state index in [4.69, 9.17) is 37.5 Å². The van der Waals surface area contributed by atoms with Gasteiger partial charge in [0.05, 0.1) is 58.7 Å². The predicted molar refractivity (Wildman–Crippen MR) is 337 cm³/mol. The predicted octanol–water partition coefficient (Wildman–Crippen LogP) is 16.9. The largest absolute Gasteiger partial charge is 0.640 e. The average Bonchev–Trinajstić information content (AvgIpc) is 4.38. The van der Waals surface area contributed by atoms with Crippen molar-refractivity contribution in [2.75, 3.05) is 27.4 Å². The summed E-state index contributed by atoms with van der Waals surface area (Å²) in [6.45, 7) is 26.9. The number of aromatic nitrogens is 2. The van der Waals surface area contributed by atoms with Crippen molar-refractivity contribution in [3.05, 3.63) is 137 Å². The highest BCUT2D eigenvalue weighted by Crippen LogP contribution is 2.41. The molecule has 10 nitrogen and oxygen atoms in total. The van der Waals surface area contributed by atoms with Crippen molar-refractivity contribution < 1.29 is 37.5 Å². The van der Waals surface area contributed by atoms with Gasteiger partial charge in [0.1, 0.15) is 11.5 Å². The van der Waals surface area contributed by atoms with Crippen molar-refractivity contribution in [3.63, 3.8) is 0 Å². The molecule has 80 heavy (non-hydrogen) atoms. The molecule has 8 aromatic rings. The van der Waals surface area contributed by atoms with Crippen LogP contribution in [0.4, 0.5) is 0 Å². The zero-order valence-electron chi connectivity index (χ0n) is 50.3. The molecular weight excluding hydrogens is 1060 g/mol. The average molecular weight is 1150 g/mol. The Balaban J connectivity index is 0.000000164. The Morgan fingerprint density at radius 3 is 1.39 bits per heavy atom. The molecular formula is C67H87B2BrN2O8. The van der Waals surface area contributed by atoms with Gasteiger partial charge >= 0.3 is 14.4 Å². The highest BCUT2D eigenvalue weighted by atomic mass is 79.9. The van der Waals surface area contributed by atoms with Gasteiger partial charge in [0, 0.05) is 56.7 Å². The van der Waals surface area contributed by atoms with Crippen LogP contribution in [0.2, 0.25) is 0 Å². The fraction of sp³-hybridized carbons (Fsp3) is 0.463. The van der Waals surface area contributed by atoms with Crippen molar-refractivity contribution in [1.29, 1.82) is 0 Å². The summed E-state index contributed by atoms with van der Waals surface area (Å²) in [4.78, 5) is 0. The van der Waals surface area contributed by atoms with Gasteiger partial charge < -0.3 is 46.6 Å². The van der Waals surface area contributed by atoms with E-state index in [2.05, 4.69) is 176 Å². The Morgan fingerprint density at radius 1 is 0.525 bits per heavy atom. The van der Waals surface area contributed by atoms with Crippen molar-refractivity contribution in [1.82, 2.24) is 9.13 Å². The third kappa shape index (κ3) is 13.7. The highest BCUT2D eigenvalue weighted by Gasteiger charge is 2.54. The molecule has 2 aromatic heterocycles. The smallest absolute Gasteiger partial charge is 0.497 e. The summed E-state index contributed by atoms with van der Waals surface area (Å²) < 4.78 is 51.5. The van der Waals surface area contributed by atoms with Crippen molar-refractivity contribution in [2.24, 2.45) is 0 Å². The summed E-state index contributed by atoms with van der Waals surface area (Å²) >= 11 is 3.74. The maximum atomic E-state index is 6.48.